The molecule has 0 aromatic heterocycles. The van der Waals surface area contributed by atoms with Crippen LogP contribution < -0.4 is 10.6 Å². The first-order valence-corrected chi connectivity index (χ1v) is 14.9. The van der Waals surface area contributed by atoms with Gasteiger partial charge in [-0.05, 0) is 49.9 Å². The largest absolute Gasteiger partial charge is 0.466 e. The van der Waals surface area contributed by atoms with Gasteiger partial charge < -0.3 is 24.6 Å². The summed E-state index contributed by atoms with van der Waals surface area (Å²) in [4.78, 5) is 31.0. The molecule has 1 heterocycles. The van der Waals surface area contributed by atoms with Crippen LogP contribution in [0.1, 0.15) is 38.5 Å². The number of cyclic esters (lactones) is 1. The summed E-state index contributed by atoms with van der Waals surface area (Å²) in [6.45, 7) is 1.34. The highest BCUT2D eigenvalue weighted by Crippen LogP contribution is 2.37. The second-order valence-corrected chi connectivity index (χ2v) is 10.6. The second-order valence-electron chi connectivity index (χ2n) is 7.50. The number of ether oxygens (including phenoxy) is 2. The van der Waals surface area contributed by atoms with Crippen LogP contribution in [0.5, 0.6) is 0 Å². The predicted octanol–water partition coefficient (Wildman–Crippen LogP) is 3.15. The van der Waals surface area contributed by atoms with Crippen LogP contribution in [0.2, 0.25) is 0 Å². The molecule has 2 aromatic carbocycles. The molecule has 0 radical (unpaired) electrons. The van der Waals surface area contributed by atoms with Gasteiger partial charge in [-0.1, -0.05) is 36.4 Å². The van der Waals surface area contributed by atoms with E-state index in [1.54, 1.807) is 48.5 Å². The van der Waals surface area contributed by atoms with Crippen molar-refractivity contribution in [3.05, 3.63) is 60.7 Å². The number of hydrogen-bond donors (Lipinski definition) is 5. The standard InChI is InChI=1S/C12H11O2P.C7H14O3S.C5H8O2.C2H6OS/c13-15(14,11-7-3-1-4-8-11)12-9-5-2-6-10-12;8-4-2-1-3-7(9)10-5-6-11;6-5-3-1-2-4-7-5;3-1-2-4/h1-10H,(H,13,14);8,11H,1-6H2;1-4H2;3-4H,1-2H2. The normalized spacial score (nSPS) is 12.3. The molecule has 208 valence electrons. The Bertz CT molecular complexity index is 831. The molecule has 0 saturated carbocycles. The first kappa shape index (κ1) is 35.2. The Hall–Kier alpha value is -1.81. The van der Waals surface area contributed by atoms with Crippen molar-refractivity contribution in [3.8, 4) is 0 Å². The number of rotatable bonds is 9. The fraction of sp³-hybridized carbons (Fsp3) is 0.462. The number of unbranched alkanes of at least 4 members (excludes halogenated alkanes) is 1. The highest BCUT2D eigenvalue weighted by Gasteiger charge is 2.22. The van der Waals surface area contributed by atoms with Crippen LogP contribution in [0.3, 0.4) is 0 Å². The molecule has 1 saturated heterocycles. The molecule has 37 heavy (non-hydrogen) atoms. The van der Waals surface area contributed by atoms with Gasteiger partial charge in [0.1, 0.15) is 6.61 Å². The Labute approximate surface area is 230 Å². The maximum absolute atomic E-state index is 12.2. The molecule has 1 aliphatic rings. The fourth-order valence-corrected chi connectivity index (χ4v) is 4.19. The van der Waals surface area contributed by atoms with Crippen LogP contribution in [-0.4, -0.2) is 65.0 Å². The van der Waals surface area contributed by atoms with Crippen molar-refractivity contribution in [1.29, 1.82) is 0 Å². The molecule has 3 rings (SSSR count). The summed E-state index contributed by atoms with van der Waals surface area (Å²) in [5.74, 6) is 0.893. The third-order valence-electron chi connectivity index (χ3n) is 4.49. The van der Waals surface area contributed by atoms with E-state index in [0.717, 1.165) is 12.8 Å². The summed E-state index contributed by atoms with van der Waals surface area (Å²) in [5, 5.41) is 17.1. The van der Waals surface area contributed by atoms with Gasteiger partial charge in [0.05, 0.1) is 13.2 Å². The number of benzene rings is 2. The van der Waals surface area contributed by atoms with E-state index >= 15 is 0 Å². The highest BCUT2D eigenvalue weighted by atomic mass is 32.1. The van der Waals surface area contributed by atoms with Crippen LogP contribution >= 0.6 is 32.6 Å². The van der Waals surface area contributed by atoms with Gasteiger partial charge in [-0.2, -0.15) is 25.3 Å². The third kappa shape index (κ3) is 18.1. The Morgan fingerprint density at radius 2 is 1.43 bits per heavy atom. The minimum atomic E-state index is -3.40. The first-order valence-electron chi connectivity index (χ1n) is 12.0. The molecule has 11 heteroatoms. The lowest BCUT2D eigenvalue weighted by Crippen LogP contribution is -2.14. The monoisotopic (exact) mass is 574 g/mol. The van der Waals surface area contributed by atoms with E-state index in [0.29, 0.717) is 61.0 Å². The van der Waals surface area contributed by atoms with Crippen molar-refractivity contribution in [2.24, 2.45) is 0 Å². The summed E-state index contributed by atoms with van der Waals surface area (Å²) in [6.07, 6.45) is 4.44. The van der Waals surface area contributed by atoms with Crippen molar-refractivity contribution in [1.82, 2.24) is 0 Å². The van der Waals surface area contributed by atoms with E-state index in [4.69, 9.17) is 14.9 Å². The molecule has 1 fully saturated rings. The Balaban J connectivity index is 0.000000517. The van der Waals surface area contributed by atoms with Crippen LogP contribution in [0.15, 0.2) is 60.7 Å². The van der Waals surface area contributed by atoms with Crippen molar-refractivity contribution in [2.45, 2.75) is 38.5 Å². The number of aliphatic hydroxyl groups is 2. The van der Waals surface area contributed by atoms with Gasteiger partial charge in [-0.25, -0.2) is 0 Å². The maximum Gasteiger partial charge on any atom is 0.305 e. The molecule has 0 amide bonds. The zero-order chi connectivity index (χ0) is 27.8. The lowest BCUT2D eigenvalue weighted by molar-refractivity contribution is -0.146. The summed E-state index contributed by atoms with van der Waals surface area (Å²) >= 11 is 7.56. The van der Waals surface area contributed by atoms with E-state index in [1.807, 2.05) is 12.1 Å². The van der Waals surface area contributed by atoms with Crippen molar-refractivity contribution < 1.29 is 38.7 Å². The van der Waals surface area contributed by atoms with Gasteiger partial charge in [0.15, 0.2) is 0 Å². The lowest BCUT2D eigenvalue weighted by atomic mass is 10.2. The molecule has 2 aromatic rings. The van der Waals surface area contributed by atoms with Crippen LogP contribution in [0.25, 0.3) is 0 Å². The van der Waals surface area contributed by atoms with E-state index in [2.05, 4.69) is 30.0 Å². The number of hydrogen-bond acceptors (Lipinski definition) is 9. The molecule has 8 nitrogen and oxygen atoms in total. The highest BCUT2D eigenvalue weighted by molar-refractivity contribution is 7.80. The quantitative estimate of drug-likeness (QED) is 0.134. The van der Waals surface area contributed by atoms with Crippen molar-refractivity contribution in [2.75, 3.05) is 37.9 Å². The van der Waals surface area contributed by atoms with Crippen LogP contribution in [0, 0.1) is 0 Å². The van der Waals surface area contributed by atoms with Crippen molar-refractivity contribution in [3.63, 3.8) is 0 Å². The summed E-state index contributed by atoms with van der Waals surface area (Å²) in [7, 11) is -3.40. The predicted molar refractivity (Wildman–Crippen MR) is 153 cm³/mol. The molecular formula is C26H39O8PS2. The van der Waals surface area contributed by atoms with Crippen LogP contribution in [0.4, 0.5) is 0 Å². The summed E-state index contributed by atoms with van der Waals surface area (Å²) in [6, 6.07) is 17.4. The molecule has 3 N–H and O–H groups in total. The third-order valence-corrected chi connectivity index (χ3v) is 6.87. The zero-order valence-corrected chi connectivity index (χ0v) is 23.7. The maximum atomic E-state index is 12.2. The number of thiol groups is 2. The Morgan fingerprint density at radius 1 is 0.892 bits per heavy atom. The topological polar surface area (TPSA) is 130 Å². The van der Waals surface area contributed by atoms with Crippen LogP contribution in [-0.2, 0) is 23.6 Å². The van der Waals surface area contributed by atoms with Gasteiger partial charge in [0.25, 0.3) is 7.37 Å². The Morgan fingerprint density at radius 3 is 1.78 bits per heavy atom. The average molecular weight is 575 g/mol. The van der Waals surface area contributed by atoms with Gasteiger partial charge in [-0.3, -0.25) is 14.2 Å². The summed E-state index contributed by atoms with van der Waals surface area (Å²) < 4.78 is 21.6. The van der Waals surface area contributed by atoms with E-state index in [9.17, 15) is 19.0 Å². The number of carbonyl (C=O) groups excluding carboxylic acids is 2. The molecule has 1 aliphatic heterocycles. The fourth-order valence-electron chi connectivity index (χ4n) is 2.65. The minimum Gasteiger partial charge on any atom is -0.466 e. The number of carbonyl (C=O) groups is 2. The average Bonchev–Trinajstić information content (AvgIpc) is 2.94. The van der Waals surface area contributed by atoms with Gasteiger partial charge in [-0.15, -0.1) is 0 Å². The molecule has 0 bridgehead atoms. The van der Waals surface area contributed by atoms with Gasteiger partial charge in [0, 0.05) is 41.6 Å². The molecular weight excluding hydrogens is 535 g/mol. The van der Waals surface area contributed by atoms with E-state index < -0.39 is 7.37 Å². The number of aliphatic hydroxyl groups excluding tert-OH is 2. The van der Waals surface area contributed by atoms with E-state index in [-0.39, 0.29) is 25.2 Å². The van der Waals surface area contributed by atoms with Crippen molar-refractivity contribution >= 4 is 55.2 Å². The SMILES string of the molecule is O=C(CCCCO)OCCS.O=C1CCCCO1.O=P(O)(c1ccccc1)c1ccccc1.OCCS. The van der Waals surface area contributed by atoms with Gasteiger partial charge >= 0.3 is 11.9 Å². The number of esters is 2. The molecule has 0 atom stereocenters. The first-order chi connectivity index (χ1) is 17.8. The molecule has 0 spiro atoms. The van der Waals surface area contributed by atoms with E-state index in [1.165, 1.54) is 0 Å². The molecule has 0 aliphatic carbocycles. The van der Waals surface area contributed by atoms with Gasteiger partial charge in [0.2, 0.25) is 0 Å². The zero-order valence-electron chi connectivity index (χ0n) is 21.0. The molecule has 0 unspecified atom stereocenters. The lowest BCUT2D eigenvalue weighted by Gasteiger charge is -2.11. The Kier molecular flexibility index (Phi) is 22.2. The smallest absolute Gasteiger partial charge is 0.305 e. The second kappa shape index (κ2) is 23.3. The summed E-state index contributed by atoms with van der Waals surface area (Å²) in [5.41, 5.74) is 0. The minimum absolute atomic E-state index is 0.0359.